The van der Waals surface area contributed by atoms with Gasteiger partial charge in [0.2, 0.25) is 17.8 Å². The zero-order valence-corrected chi connectivity index (χ0v) is 18.8. The van der Waals surface area contributed by atoms with Crippen molar-refractivity contribution in [2.45, 2.75) is 32.1 Å². The fourth-order valence-electron chi connectivity index (χ4n) is 3.96. The summed E-state index contributed by atoms with van der Waals surface area (Å²) in [6.07, 6.45) is 4.13. The number of anilines is 1. The van der Waals surface area contributed by atoms with Crippen molar-refractivity contribution in [3.05, 3.63) is 83.2 Å². The van der Waals surface area contributed by atoms with Crippen LogP contribution in [0.4, 0.5) is 14.5 Å². The maximum absolute atomic E-state index is 14.7. The van der Waals surface area contributed by atoms with Crippen molar-refractivity contribution in [2.24, 2.45) is 5.92 Å². The number of amides is 1. The van der Waals surface area contributed by atoms with Gasteiger partial charge < -0.3 is 10.4 Å². The third kappa shape index (κ3) is 4.90. The number of rotatable bonds is 8. The topological polar surface area (TPSA) is 79.5 Å². The Kier molecular flexibility index (Phi) is 6.58. The van der Waals surface area contributed by atoms with Crippen molar-refractivity contribution in [3.63, 3.8) is 0 Å². The van der Waals surface area contributed by atoms with Gasteiger partial charge in [0.15, 0.2) is 0 Å². The lowest BCUT2D eigenvalue weighted by Gasteiger charge is -2.15. The number of pyridine rings is 1. The summed E-state index contributed by atoms with van der Waals surface area (Å²) in [6.45, 7) is 1.57. The quantitative estimate of drug-likeness (QED) is 0.478. The third-order valence-corrected chi connectivity index (χ3v) is 6.05. The first-order valence-electron chi connectivity index (χ1n) is 11.0. The number of nitrogens with one attached hydrogen (secondary N) is 1. The van der Waals surface area contributed by atoms with Crippen molar-refractivity contribution in [3.8, 4) is 11.1 Å². The molecule has 1 unspecified atom stereocenters. The second-order valence-corrected chi connectivity index (χ2v) is 8.51. The Bertz CT molecular complexity index is 1240. The Hall–Kier alpha value is -3.81. The van der Waals surface area contributed by atoms with Crippen molar-refractivity contribution in [1.29, 1.82) is 0 Å². The minimum atomic E-state index is -1.05. The largest absolute Gasteiger partial charge is 0.478 e. The first-order chi connectivity index (χ1) is 16.3. The van der Waals surface area contributed by atoms with Crippen LogP contribution >= 0.6 is 0 Å². The molecule has 8 heteroatoms. The van der Waals surface area contributed by atoms with Gasteiger partial charge in [-0.05, 0) is 61.2 Å². The van der Waals surface area contributed by atoms with Crippen LogP contribution in [0.2, 0.25) is 0 Å². The molecule has 0 aliphatic heterocycles. The smallest absolute Gasteiger partial charge is 0.335 e. The van der Waals surface area contributed by atoms with Gasteiger partial charge in [-0.25, -0.2) is 13.6 Å². The van der Waals surface area contributed by atoms with E-state index in [1.165, 1.54) is 54.4 Å². The zero-order valence-electron chi connectivity index (χ0n) is 18.8. The number of hydrogen-bond acceptors (Lipinski definition) is 3. The summed E-state index contributed by atoms with van der Waals surface area (Å²) in [4.78, 5) is 29.8. The lowest BCUT2D eigenvalue weighted by atomic mass is 9.95. The summed E-state index contributed by atoms with van der Waals surface area (Å²) < 4.78 is 30.5. The van der Waals surface area contributed by atoms with Gasteiger partial charge in [-0.3, -0.25) is 9.63 Å². The molecule has 1 heterocycles. The lowest BCUT2D eigenvalue weighted by Crippen LogP contribution is -2.47. The molecule has 0 radical (unpaired) electrons. The van der Waals surface area contributed by atoms with Crippen LogP contribution in [0.15, 0.2) is 54.7 Å². The van der Waals surface area contributed by atoms with Crippen LogP contribution in [-0.2, 0) is 4.79 Å². The van der Waals surface area contributed by atoms with E-state index in [4.69, 9.17) is 9.94 Å². The predicted octanol–water partition coefficient (Wildman–Crippen LogP) is 4.51. The van der Waals surface area contributed by atoms with Gasteiger partial charge in [0.1, 0.15) is 24.7 Å². The van der Waals surface area contributed by atoms with Crippen LogP contribution in [0.1, 0.15) is 46.8 Å². The molecule has 1 aromatic heterocycles. The van der Waals surface area contributed by atoms with E-state index in [0.717, 1.165) is 12.8 Å². The highest BCUT2D eigenvalue weighted by atomic mass is 19.1. The van der Waals surface area contributed by atoms with Gasteiger partial charge in [0, 0.05) is 16.5 Å². The standard InChI is InChI=1S/C26H24F2N2O4/c1-15-3-11-21(27)23(24(15)28)18-8-12-22(30(14-18)34-2)20(13-16-4-5-16)25(31)29-19-9-6-17(7-10-19)26(32)33/h3,6-12,14,16,20H,4-5,13H2,1-2H3,(H-,29,31,32,33)/p+1. The second kappa shape index (κ2) is 9.59. The molecule has 1 amide bonds. The predicted molar refractivity (Wildman–Crippen MR) is 121 cm³/mol. The molecule has 0 bridgehead atoms. The van der Waals surface area contributed by atoms with E-state index in [9.17, 15) is 18.4 Å². The molecule has 1 aliphatic rings. The van der Waals surface area contributed by atoms with Crippen LogP contribution in [0, 0.1) is 24.5 Å². The molecular weight excluding hydrogens is 442 g/mol. The molecule has 1 saturated carbocycles. The number of aryl methyl sites for hydroxylation is 1. The Morgan fingerprint density at radius 1 is 1.12 bits per heavy atom. The Morgan fingerprint density at radius 3 is 2.44 bits per heavy atom. The molecular formula is C26H25F2N2O4+. The highest BCUT2D eigenvalue weighted by molar-refractivity contribution is 5.96. The van der Waals surface area contributed by atoms with Crippen LogP contribution in [0.5, 0.6) is 0 Å². The lowest BCUT2D eigenvalue weighted by molar-refractivity contribution is -0.890. The minimum Gasteiger partial charge on any atom is -0.478 e. The SMILES string of the molecule is CO[n+]1cc(-c2c(F)ccc(C)c2F)ccc1C(CC1CC1)C(=O)Nc1ccc(C(=O)O)cc1. The van der Waals surface area contributed by atoms with Gasteiger partial charge in [-0.2, -0.15) is 0 Å². The molecule has 2 N–H and O–H groups in total. The van der Waals surface area contributed by atoms with Crippen LogP contribution < -0.4 is 14.9 Å². The van der Waals surface area contributed by atoms with Crippen molar-refractivity contribution < 1.29 is 33.0 Å². The highest BCUT2D eigenvalue weighted by Crippen LogP contribution is 2.39. The van der Waals surface area contributed by atoms with E-state index in [0.29, 0.717) is 34.8 Å². The molecule has 176 valence electrons. The average Bonchev–Trinajstić information content (AvgIpc) is 3.65. The van der Waals surface area contributed by atoms with Gasteiger partial charge in [-0.15, -0.1) is 0 Å². The number of aromatic carboxylic acids is 1. The molecule has 0 saturated heterocycles. The third-order valence-electron chi connectivity index (χ3n) is 6.05. The number of carboxylic acid groups (broad SMARTS) is 1. The van der Waals surface area contributed by atoms with Crippen molar-refractivity contribution in [1.82, 2.24) is 0 Å². The molecule has 1 atom stereocenters. The fraction of sp³-hybridized carbons (Fsp3) is 0.269. The number of carboxylic acids is 1. The van der Waals surface area contributed by atoms with Gasteiger partial charge in [0.25, 0.3) is 0 Å². The van der Waals surface area contributed by atoms with Crippen LogP contribution in [-0.4, -0.2) is 24.1 Å². The molecule has 0 spiro atoms. The van der Waals surface area contributed by atoms with Crippen molar-refractivity contribution in [2.75, 3.05) is 12.4 Å². The monoisotopic (exact) mass is 467 g/mol. The maximum atomic E-state index is 14.7. The number of aromatic nitrogens is 1. The van der Waals surface area contributed by atoms with E-state index in [2.05, 4.69) is 5.32 Å². The number of halogens is 2. The summed E-state index contributed by atoms with van der Waals surface area (Å²) in [6, 6.07) is 11.7. The molecule has 34 heavy (non-hydrogen) atoms. The summed E-state index contributed by atoms with van der Waals surface area (Å²) >= 11 is 0. The maximum Gasteiger partial charge on any atom is 0.335 e. The molecule has 6 nitrogen and oxygen atoms in total. The Balaban J connectivity index is 1.66. The molecule has 1 fully saturated rings. The minimum absolute atomic E-state index is 0.121. The van der Waals surface area contributed by atoms with E-state index in [1.54, 1.807) is 19.1 Å². The summed E-state index contributed by atoms with van der Waals surface area (Å²) in [7, 11) is 1.42. The first kappa shape index (κ1) is 23.4. The van der Waals surface area contributed by atoms with Gasteiger partial charge in [0.05, 0.1) is 16.7 Å². The van der Waals surface area contributed by atoms with E-state index < -0.39 is 23.5 Å². The Morgan fingerprint density at radius 2 is 1.82 bits per heavy atom. The first-order valence-corrected chi connectivity index (χ1v) is 11.0. The van der Waals surface area contributed by atoms with E-state index >= 15 is 0 Å². The zero-order chi connectivity index (χ0) is 24.4. The number of carbonyl (C=O) groups excluding carboxylic acids is 1. The van der Waals surface area contributed by atoms with Crippen LogP contribution in [0.3, 0.4) is 0 Å². The summed E-state index contributed by atoms with van der Waals surface area (Å²) in [5, 5.41) is 11.9. The number of hydrogen-bond donors (Lipinski definition) is 2. The van der Waals surface area contributed by atoms with Gasteiger partial charge >= 0.3 is 5.97 Å². The van der Waals surface area contributed by atoms with E-state index in [1.807, 2.05) is 0 Å². The average molecular weight is 467 g/mol. The van der Waals surface area contributed by atoms with E-state index in [-0.39, 0.29) is 17.0 Å². The summed E-state index contributed by atoms with van der Waals surface area (Å²) in [5.74, 6) is -2.83. The molecule has 4 rings (SSSR count). The molecule has 2 aromatic carbocycles. The van der Waals surface area contributed by atoms with Crippen molar-refractivity contribution >= 4 is 17.6 Å². The Labute approximate surface area is 195 Å². The second-order valence-electron chi connectivity index (χ2n) is 8.51. The number of carbonyl (C=O) groups is 2. The fourth-order valence-corrected chi connectivity index (χ4v) is 3.96. The highest BCUT2D eigenvalue weighted by Gasteiger charge is 2.37. The number of benzene rings is 2. The molecule has 1 aliphatic carbocycles. The van der Waals surface area contributed by atoms with Gasteiger partial charge in [-0.1, -0.05) is 18.9 Å². The number of nitrogens with zero attached hydrogens (tertiary/aromatic N) is 1. The normalized spacial score (nSPS) is 13.9. The van der Waals surface area contributed by atoms with Crippen LogP contribution in [0.25, 0.3) is 11.1 Å². The molecule has 3 aromatic rings. The summed E-state index contributed by atoms with van der Waals surface area (Å²) in [5.41, 5.74) is 1.60.